The highest BCUT2D eigenvalue weighted by atomic mass is 16.1. The number of nitrogens with one attached hydrogen (secondary N) is 1. The van der Waals surface area contributed by atoms with Crippen LogP contribution in [0.2, 0.25) is 0 Å². The zero-order chi connectivity index (χ0) is 12.4. The van der Waals surface area contributed by atoms with Crippen LogP contribution in [0.5, 0.6) is 0 Å². The van der Waals surface area contributed by atoms with Crippen LogP contribution in [0.15, 0.2) is 12.1 Å². The summed E-state index contributed by atoms with van der Waals surface area (Å²) >= 11 is 0. The Kier molecular flexibility index (Phi) is 3.27. The maximum atomic E-state index is 11.2. The van der Waals surface area contributed by atoms with E-state index in [1.54, 1.807) is 0 Å². The predicted molar refractivity (Wildman–Crippen MR) is 69.7 cm³/mol. The van der Waals surface area contributed by atoms with Gasteiger partial charge in [-0.05, 0) is 48.9 Å². The Bertz CT molecular complexity index is 456. The van der Waals surface area contributed by atoms with Gasteiger partial charge in [-0.25, -0.2) is 0 Å². The van der Waals surface area contributed by atoms with Crippen LogP contribution in [0.1, 0.15) is 48.3 Å². The van der Waals surface area contributed by atoms with E-state index in [4.69, 9.17) is 11.1 Å². The summed E-state index contributed by atoms with van der Waals surface area (Å²) in [6.07, 6.45) is 4.54. The first kappa shape index (κ1) is 11.8. The summed E-state index contributed by atoms with van der Waals surface area (Å²) < 4.78 is 0. The second kappa shape index (κ2) is 4.70. The van der Waals surface area contributed by atoms with Crippen molar-refractivity contribution in [3.8, 4) is 0 Å². The van der Waals surface area contributed by atoms with Crippen LogP contribution in [-0.4, -0.2) is 12.0 Å². The fourth-order valence-corrected chi connectivity index (χ4v) is 2.58. The van der Waals surface area contributed by atoms with Crippen LogP contribution in [0.25, 0.3) is 0 Å². The quantitative estimate of drug-likeness (QED) is 0.606. The Hall–Kier alpha value is -1.64. The molecule has 0 unspecified atom stereocenters. The molecule has 1 aliphatic rings. The lowest BCUT2D eigenvalue weighted by Gasteiger charge is -2.23. The monoisotopic (exact) mass is 230 g/mol. The Balaban J connectivity index is 2.29. The molecular weight excluding hydrogens is 212 g/mol. The van der Waals surface area contributed by atoms with Crippen LogP contribution in [-0.2, 0) is 4.79 Å². The highest BCUT2D eigenvalue weighted by molar-refractivity contribution is 5.85. The molecule has 1 saturated carbocycles. The Morgan fingerprint density at radius 1 is 1.35 bits per heavy atom. The maximum absolute atomic E-state index is 11.2. The van der Waals surface area contributed by atoms with Gasteiger partial charge in [-0.2, -0.15) is 0 Å². The summed E-state index contributed by atoms with van der Waals surface area (Å²) in [5, 5.41) is 7.27. The standard InChI is InChI=1S/C14H18N2O/c1-9-6-11(8-15)14(16)7-13(9)10-2-4-12(17)5-3-10/h6-8,10,15H,2-5,16H2,1H3. The molecule has 2 rings (SSSR count). The maximum Gasteiger partial charge on any atom is 0.132 e. The molecule has 1 aromatic carbocycles. The molecule has 0 spiro atoms. The Morgan fingerprint density at radius 2 is 2.00 bits per heavy atom. The fourth-order valence-electron chi connectivity index (χ4n) is 2.58. The van der Waals surface area contributed by atoms with E-state index >= 15 is 0 Å². The van der Waals surface area contributed by atoms with Crippen LogP contribution < -0.4 is 5.73 Å². The third-order valence-corrected chi connectivity index (χ3v) is 3.61. The summed E-state index contributed by atoms with van der Waals surface area (Å²) in [6.45, 7) is 2.05. The first-order chi connectivity index (χ1) is 8.11. The summed E-state index contributed by atoms with van der Waals surface area (Å²) in [5.41, 5.74) is 9.79. The van der Waals surface area contributed by atoms with Gasteiger partial charge in [0, 0.05) is 30.3 Å². The molecule has 0 saturated heterocycles. The molecule has 0 aliphatic heterocycles. The number of hydrogen-bond acceptors (Lipinski definition) is 3. The van der Waals surface area contributed by atoms with Gasteiger partial charge in [-0.15, -0.1) is 0 Å². The van der Waals surface area contributed by atoms with E-state index in [0.29, 0.717) is 30.2 Å². The number of anilines is 1. The van der Waals surface area contributed by atoms with Crippen molar-refractivity contribution < 1.29 is 4.79 Å². The highest BCUT2D eigenvalue weighted by Gasteiger charge is 2.22. The van der Waals surface area contributed by atoms with Gasteiger partial charge in [-0.3, -0.25) is 4.79 Å². The molecule has 17 heavy (non-hydrogen) atoms. The van der Waals surface area contributed by atoms with E-state index in [-0.39, 0.29) is 0 Å². The van der Waals surface area contributed by atoms with Crippen molar-refractivity contribution in [2.45, 2.75) is 38.5 Å². The van der Waals surface area contributed by atoms with Gasteiger partial charge in [0.15, 0.2) is 0 Å². The number of ketones is 1. The average Bonchev–Trinajstić information content (AvgIpc) is 2.33. The van der Waals surface area contributed by atoms with Gasteiger partial charge >= 0.3 is 0 Å². The molecule has 90 valence electrons. The number of carbonyl (C=O) groups excluding carboxylic acids is 1. The van der Waals surface area contributed by atoms with Gasteiger partial charge in [-0.1, -0.05) is 0 Å². The van der Waals surface area contributed by atoms with Crippen LogP contribution in [0.4, 0.5) is 5.69 Å². The van der Waals surface area contributed by atoms with Crippen molar-refractivity contribution >= 4 is 17.7 Å². The lowest BCUT2D eigenvalue weighted by molar-refractivity contribution is -0.120. The molecule has 0 amide bonds. The van der Waals surface area contributed by atoms with Crippen LogP contribution in [0.3, 0.4) is 0 Å². The normalized spacial score (nSPS) is 17.1. The zero-order valence-corrected chi connectivity index (χ0v) is 10.1. The first-order valence-corrected chi connectivity index (χ1v) is 6.04. The predicted octanol–water partition coefficient (Wildman–Crippen LogP) is 2.80. The fraction of sp³-hybridized carbons (Fsp3) is 0.429. The van der Waals surface area contributed by atoms with Crippen molar-refractivity contribution in [2.75, 3.05) is 5.73 Å². The summed E-state index contributed by atoms with van der Waals surface area (Å²) in [6, 6.07) is 3.95. The van der Waals surface area contributed by atoms with Gasteiger partial charge in [0.2, 0.25) is 0 Å². The third kappa shape index (κ3) is 2.38. The number of carbonyl (C=O) groups is 1. The van der Waals surface area contributed by atoms with Crippen molar-refractivity contribution in [3.63, 3.8) is 0 Å². The van der Waals surface area contributed by atoms with E-state index in [0.717, 1.165) is 18.4 Å². The summed E-state index contributed by atoms with van der Waals surface area (Å²) in [7, 11) is 0. The minimum absolute atomic E-state index is 0.378. The SMILES string of the molecule is Cc1cc(C=N)c(N)cc1C1CCC(=O)CC1. The minimum atomic E-state index is 0.378. The zero-order valence-electron chi connectivity index (χ0n) is 10.1. The average molecular weight is 230 g/mol. The molecule has 3 heteroatoms. The number of hydrogen-bond donors (Lipinski definition) is 2. The number of nitrogen functional groups attached to an aromatic ring is 1. The van der Waals surface area contributed by atoms with E-state index in [1.807, 2.05) is 12.1 Å². The van der Waals surface area contributed by atoms with E-state index in [9.17, 15) is 4.79 Å². The molecule has 0 radical (unpaired) electrons. The van der Waals surface area contributed by atoms with Crippen molar-refractivity contribution in [1.82, 2.24) is 0 Å². The third-order valence-electron chi connectivity index (χ3n) is 3.61. The summed E-state index contributed by atoms with van der Waals surface area (Å²) in [4.78, 5) is 11.2. The number of benzene rings is 1. The van der Waals surface area contributed by atoms with E-state index in [2.05, 4.69) is 6.92 Å². The molecule has 1 aliphatic carbocycles. The molecule has 0 aromatic heterocycles. The molecular formula is C14H18N2O. The summed E-state index contributed by atoms with van der Waals surface area (Å²) in [5.74, 6) is 0.831. The number of Topliss-reactive ketones (excluding diaryl/α,β-unsaturated/α-hetero) is 1. The molecule has 0 bridgehead atoms. The second-order valence-electron chi connectivity index (χ2n) is 4.79. The topological polar surface area (TPSA) is 66.9 Å². The van der Waals surface area contributed by atoms with Crippen molar-refractivity contribution in [2.24, 2.45) is 0 Å². The molecule has 1 aromatic rings. The highest BCUT2D eigenvalue weighted by Crippen LogP contribution is 2.34. The molecule has 0 atom stereocenters. The largest absolute Gasteiger partial charge is 0.398 e. The van der Waals surface area contributed by atoms with Gasteiger partial charge in [0.1, 0.15) is 5.78 Å². The number of aryl methyl sites for hydroxylation is 1. The minimum Gasteiger partial charge on any atom is -0.398 e. The van der Waals surface area contributed by atoms with Gasteiger partial charge < -0.3 is 11.1 Å². The van der Waals surface area contributed by atoms with E-state index in [1.165, 1.54) is 17.3 Å². The Morgan fingerprint density at radius 3 is 2.59 bits per heavy atom. The first-order valence-electron chi connectivity index (χ1n) is 6.04. The van der Waals surface area contributed by atoms with Crippen LogP contribution in [0, 0.1) is 12.3 Å². The van der Waals surface area contributed by atoms with Crippen molar-refractivity contribution in [3.05, 3.63) is 28.8 Å². The van der Waals surface area contributed by atoms with Gasteiger partial charge in [0.25, 0.3) is 0 Å². The van der Waals surface area contributed by atoms with Gasteiger partial charge in [0.05, 0.1) is 0 Å². The molecule has 3 nitrogen and oxygen atoms in total. The van der Waals surface area contributed by atoms with E-state index < -0.39 is 0 Å². The van der Waals surface area contributed by atoms with Crippen molar-refractivity contribution in [1.29, 1.82) is 5.41 Å². The smallest absolute Gasteiger partial charge is 0.132 e. The number of nitrogens with two attached hydrogens (primary N) is 1. The molecule has 3 N–H and O–H groups in total. The van der Waals surface area contributed by atoms with Crippen LogP contribution >= 0.6 is 0 Å². The second-order valence-corrected chi connectivity index (χ2v) is 4.79. The Labute approximate surface area is 102 Å². The molecule has 1 fully saturated rings. The molecule has 0 heterocycles. The number of rotatable bonds is 2. The lowest BCUT2D eigenvalue weighted by atomic mass is 9.81. The lowest BCUT2D eigenvalue weighted by Crippen LogP contribution is -2.14.